The average molecular weight is 1570 g/mol. The molecule has 14 amide bonds. The highest BCUT2D eigenvalue weighted by Gasteiger charge is 2.47. The van der Waals surface area contributed by atoms with Gasteiger partial charge in [-0.15, -0.1) is 0 Å². The van der Waals surface area contributed by atoms with Crippen LogP contribution >= 0.6 is 11.8 Å². The summed E-state index contributed by atoms with van der Waals surface area (Å²) < 4.78 is 0. The van der Waals surface area contributed by atoms with Crippen LogP contribution in [0.25, 0.3) is 0 Å². The van der Waals surface area contributed by atoms with Crippen molar-refractivity contribution in [1.29, 1.82) is 0 Å². The number of nitrogens with two attached hydrogens (primary N) is 2. The predicted molar refractivity (Wildman–Crippen MR) is 405 cm³/mol. The summed E-state index contributed by atoms with van der Waals surface area (Å²) in [6.07, 6.45) is 1.17. The topological polar surface area (TPSA) is 507 Å². The lowest BCUT2D eigenvalue weighted by Gasteiger charge is -2.35. The number of carbonyl (C=O) groups excluding carboxylic acids is 14. The fraction of sp³-hybridized carbons (Fsp3) is 0.707. The lowest BCUT2D eigenvalue weighted by Crippen LogP contribution is -2.62. The summed E-state index contributed by atoms with van der Waals surface area (Å²) in [5.41, 5.74) is 12.1. The number of aliphatic hydroxyl groups is 1. The van der Waals surface area contributed by atoms with E-state index < -0.39 is 228 Å². The lowest BCUT2D eigenvalue weighted by molar-refractivity contribution is -0.148. The smallest absolute Gasteiger partial charge is 0.326 e. The number of primary amides is 1. The summed E-state index contributed by atoms with van der Waals surface area (Å²) in [5.74, 6) is -15.2. The van der Waals surface area contributed by atoms with E-state index in [0.29, 0.717) is 43.4 Å². The van der Waals surface area contributed by atoms with Crippen molar-refractivity contribution in [3.05, 3.63) is 35.9 Å². The number of hydrogen-bond donors (Lipinski definition) is 14. The second kappa shape index (κ2) is 43.6. The van der Waals surface area contributed by atoms with E-state index in [1.54, 1.807) is 106 Å². The number of carboxylic acids is 2. The van der Waals surface area contributed by atoms with E-state index in [0.717, 1.165) is 4.90 Å². The van der Waals surface area contributed by atoms with E-state index in [1.165, 1.54) is 33.4 Å². The molecule has 16 N–H and O–H groups in total. The first-order valence-corrected chi connectivity index (χ1v) is 39.9. The van der Waals surface area contributed by atoms with Crippen LogP contribution in [0.4, 0.5) is 0 Å². The van der Waals surface area contributed by atoms with E-state index in [2.05, 4.69) is 47.9 Å². The molecule has 4 aliphatic heterocycles. The van der Waals surface area contributed by atoms with Crippen molar-refractivity contribution < 1.29 is 92.0 Å². The summed E-state index contributed by atoms with van der Waals surface area (Å²) in [6, 6.07) is -9.21. The van der Waals surface area contributed by atoms with Crippen LogP contribution in [-0.2, 0) is 83.1 Å². The van der Waals surface area contributed by atoms with Crippen LogP contribution in [0, 0.1) is 29.6 Å². The number of carbonyl (C=O) groups is 16. The van der Waals surface area contributed by atoms with Crippen molar-refractivity contribution in [3.8, 4) is 0 Å². The molecule has 110 heavy (non-hydrogen) atoms. The van der Waals surface area contributed by atoms with Crippen LogP contribution in [0.2, 0.25) is 0 Å². The molecule has 35 heteroatoms. The van der Waals surface area contributed by atoms with Crippen LogP contribution in [0.5, 0.6) is 0 Å². The number of nitrogens with one attached hydrogen (secondary N) is 9. The first-order valence-electron chi connectivity index (χ1n) is 38.5. The van der Waals surface area contributed by atoms with Crippen LogP contribution in [0.15, 0.2) is 30.3 Å². The molecule has 0 radical (unpaired) electrons. The quantitative estimate of drug-likeness (QED) is 0.0385. The Bertz CT molecular complexity index is 3420. The van der Waals surface area contributed by atoms with Gasteiger partial charge in [-0.25, -0.2) is 4.79 Å². The van der Waals surface area contributed by atoms with Crippen LogP contribution in [0.3, 0.4) is 0 Å². The number of carboxylic acid groups (broad SMARTS) is 2. The number of aliphatic carboxylic acids is 2. The highest BCUT2D eigenvalue weighted by Crippen LogP contribution is 2.29. The first kappa shape index (κ1) is 91.6. The van der Waals surface area contributed by atoms with Crippen molar-refractivity contribution in [1.82, 2.24) is 67.5 Å². The van der Waals surface area contributed by atoms with Gasteiger partial charge in [-0.3, -0.25) is 71.9 Å². The third-order valence-corrected chi connectivity index (χ3v) is 21.4. The summed E-state index contributed by atoms with van der Waals surface area (Å²) in [7, 11) is 0. The van der Waals surface area contributed by atoms with Crippen molar-refractivity contribution in [3.63, 3.8) is 0 Å². The SMILES string of the molecule is CC[C@H](C)[C@H](NC(=O)[C@H](CCC(=O)O)NC(=O)[C@@H]1CCCN1C(=O)[C@H](CCC(N)=O)NC(=O)[C@H](CC(C)C)NC(=O)[C@H](Cc1ccccc1)NC(=O)[C@@H]1CCCN1C(=O)[C@@H]1CCCN1C(=O)[C@@H](NC(=O)[C@@H](NC(=O)[C@@H](NC(=O)[C@@H]1CCCN1C(=O)[C@@H](N)[C@@H](C)O)C(C)C)C(C)C)C(C)C)C(=O)N[C@@H](CCSC)C(=O)O. The Morgan fingerprint density at radius 1 is 0.473 bits per heavy atom. The van der Waals surface area contributed by atoms with Gasteiger partial charge in [-0.1, -0.05) is 106 Å². The van der Waals surface area contributed by atoms with E-state index in [4.69, 9.17) is 11.5 Å². The zero-order valence-electron chi connectivity index (χ0n) is 65.5. The Hall–Kier alpha value is -8.99. The summed E-state index contributed by atoms with van der Waals surface area (Å²) in [6.45, 7) is 18.9. The lowest BCUT2D eigenvalue weighted by atomic mass is 9.97. The van der Waals surface area contributed by atoms with Crippen molar-refractivity contribution >= 4 is 106 Å². The standard InChI is InChI=1S/C75H119N15O19S/c1-13-43(10)61(70(103)80-48(75(108)109)31-36-110-12)86-62(95)46(28-30-56(93)94)78-65(98)51-23-17-32-87(51)71(104)47(27-29-55(76)92)79-63(96)49(37-39(2)3)81-64(97)50(38-45-21-15-14-16-22-45)82-66(99)52-24-18-33-88(52)72(105)54-26-20-35-90(54)74(107)60(42(8)9)85-69(102)59(41(6)7)84-68(101)58(40(4)5)83-67(100)53-25-19-34-89(53)73(106)57(77)44(11)91/h14-16,21-22,39-44,46-54,57-61,91H,13,17-20,23-38,77H2,1-12H3,(H2,76,92)(H,78,98)(H,79,96)(H,80,103)(H,81,97)(H,82,99)(H,83,100)(H,84,101)(H,85,102)(H,86,95)(H,93,94)(H,108,109)/t43-,44+,46-,47-,48-,49-,50-,51-,52-,53-,54-,57-,58-,59-,60-,61-/m0/s1. The molecule has 0 saturated carbocycles. The molecule has 0 aliphatic carbocycles. The van der Waals surface area contributed by atoms with Gasteiger partial charge in [-0.2, -0.15) is 11.8 Å². The fourth-order valence-electron chi connectivity index (χ4n) is 14.1. The summed E-state index contributed by atoms with van der Waals surface area (Å²) >= 11 is 1.37. The molecule has 4 saturated heterocycles. The Morgan fingerprint density at radius 2 is 0.900 bits per heavy atom. The van der Waals surface area contributed by atoms with Crippen LogP contribution in [-0.4, -0.2) is 258 Å². The van der Waals surface area contributed by atoms with Gasteiger partial charge in [0, 0.05) is 45.4 Å². The molecule has 5 rings (SSSR count). The van der Waals surface area contributed by atoms with E-state index in [1.807, 2.05) is 0 Å². The summed E-state index contributed by atoms with van der Waals surface area (Å²) in [4.78, 5) is 228. The normalized spacial score (nSPS) is 20.3. The largest absolute Gasteiger partial charge is 0.481 e. The molecule has 0 aromatic heterocycles. The maximum Gasteiger partial charge on any atom is 0.326 e. The molecule has 1 aromatic rings. The highest BCUT2D eigenvalue weighted by atomic mass is 32.2. The Labute approximate surface area is 647 Å². The fourth-order valence-corrected chi connectivity index (χ4v) is 14.6. The number of benzene rings is 1. The number of likely N-dealkylation sites (tertiary alicyclic amines) is 4. The van der Waals surface area contributed by atoms with Gasteiger partial charge in [0.05, 0.1) is 6.10 Å². The molecule has 16 atom stereocenters. The van der Waals surface area contributed by atoms with E-state index in [9.17, 15) is 92.0 Å². The molecular weight excluding hydrogens is 1450 g/mol. The molecule has 0 bridgehead atoms. The number of aliphatic hydroxyl groups excluding tert-OH is 1. The second-order valence-corrected chi connectivity index (χ2v) is 31.8. The van der Waals surface area contributed by atoms with Gasteiger partial charge in [0.25, 0.3) is 0 Å². The van der Waals surface area contributed by atoms with Crippen molar-refractivity contribution in [2.75, 3.05) is 38.2 Å². The Kier molecular flexibility index (Phi) is 36.3. The number of amides is 14. The monoisotopic (exact) mass is 1570 g/mol. The molecule has 0 unspecified atom stereocenters. The predicted octanol–water partition coefficient (Wildman–Crippen LogP) is -0.707. The second-order valence-electron chi connectivity index (χ2n) is 30.8. The zero-order valence-corrected chi connectivity index (χ0v) is 66.3. The number of nitrogens with zero attached hydrogens (tertiary/aromatic N) is 4. The molecular formula is C75H119N15O19S. The molecule has 1 aromatic carbocycles. The third-order valence-electron chi connectivity index (χ3n) is 20.7. The Balaban J connectivity index is 1.32. The maximum atomic E-state index is 14.9. The van der Waals surface area contributed by atoms with Gasteiger partial charge < -0.3 is 94.2 Å². The summed E-state index contributed by atoms with van der Waals surface area (Å²) in [5, 5.41) is 53.7. The Morgan fingerprint density at radius 3 is 1.40 bits per heavy atom. The average Bonchev–Trinajstić information content (AvgIpc) is 1.63. The van der Waals surface area contributed by atoms with Crippen molar-refractivity contribution in [2.45, 2.75) is 270 Å². The van der Waals surface area contributed by atoms with E-state index >= 15 is 0 Å². The molecule has 4 heterocycles. The zero-order chi connectivity index (χ0) is 82.1. The van der Waals surface area contributed by atoms with Gasteiger partial charge in [0.2, 0.25) is 82.7 Å². The maximum absolute atomic E-state index is 14.9. The van der Waals surface area contributed by atoms with Gasteiger partial charge in [0.15, 0.2) is 0 Å². The third kappa shape index (κ3) is 26.1. The molecule has 34 nitrogen and oxygen atoms in total. The molecule has 4 fully saturated rings. The van der Waals surface area contributed by atoms with E-state index in [-0.39, 0.29) is 83.5 Å². The van der Waals surface area contributed by atoms with Crippen LogP contribution in [0.1, 0.15) is 178 Å². The van der Waals surface area contributed by atoms with Gasteiger partial charge >= 0.3 is 11.9 Å². The minimum absolute atomic E-state index is 0.0283. The van der Waals surface area contributed by atoms with Crippen molar-refractivity contribution in [2.24, 2.45) is 41.1 Å². The molecule has 614 valence electrons. The molecule has 4 aliphatic rings. The number of rotatable bonds is 42. The minimum atomic E-state index is -1.58. The highest BCUT2D eigenvalue weighted by molar-refractivity contribution is 7.98. The van der Waals surface area contributed by atoms with Gasteiger partial charge in [-0.05, 0) is 131 Å². The molecule has 0 spiro atoms. The van der Waals surface area contributed by atoms with Gasteiger partial charge in [0.1, 0.15) is 84.6 Å². The minimum Gasteiger partial charge on any atom is -0.481 e. The van der Waals surface area contributed by atoms with Crippen LogP contribution < -0.4 is 59.3 Å². The number of thioether (sulfide) groups is 1. The first-order chi connectivity index (χ1) is 51.8. The number of hydrogen-bond acceptors (Lipinski definition) is 19.